The lowest BCUT2D eigenvalue weighted by molar-refractivity contribution is -0.178. The number of hydrogen-bond donors (Lipinski definition) is 5. The van der Waals surface area contributed by atoms with Crippen LogP contribution in [0, 0.1) is 40.4 Å². The van der Waals surface area contributed by atoms with Crippen LogP contribution in [0.1, 0.15) is 79.6 Å². The molecule has 5 rings (SSSR count). The Morgan fingerprint density at radius 2 is 1.78 bits per heavy atom. The normalized spacial score (nSPS) is 51.9. The molecule has 2 unspecified atom stereocenters. The van der Waals surface area contributed by atoms with Crippen LogP contribution in [0.15, 0.2) is 11.6 Å². The van der Waals surface area contributed by atoms with E-state index in [0.29, 0.717) is 37.7 Å². The molecular weight excluding hydrogens is 476 g/mol. The molecule has 1 heterocycles. The second kappa shape index (κ2) is 8.59. The van der Waals surface area contributed by atoms with Crippen molar-refractivity contribution in [2.75, 3.05) is 0 Å². The summed E-state index contributed by atoms with van der Waals surface area (Å²) in [5, 5.41) is 56.2. The van der Waals surface area contributed by atoms with Gasteiger partial charge < -0.3 is 30.3 Å². The van der Waals surface area contributed by atoms with E-state index in [1.165, 1.54) is 0 Å². The van der Waals surface area contributed by atoms with Crippen LogP contribution in [0.2, 0.25) is 0 Å². The number of carbonyl (C=O) groups is 2. The van der Waals surface area contributed by atoms with Crippen molar-refractivity contribution in [1.29, 1.82) is 0 Å². The van der Waals surface area contributed by atoms with Crippen molar-refractivity contribution in [3.05, 3.63) is 11.6 Å². The zero-order valence-corrected chi connectivity index (χ0v) is 22.7. The van der Waals surface area contributed by atoms with E-state index in [1.54, 1.807) is 19.9 Å². The number of hydrogen-bond acceptors (Lipinski definition) is 8. The second-order valence-electron chi connectivity index (χ2n) is 13.7. The number of rotatable bonds is 4. The number of cyclic esters (lactones) is 1. The Morgan fingerprint density at radius 3 is 2.41 bits per heavy atom. The predicted octanol–water partition coefficient (Wildman–Crippen LogP) is 1.89. The van der Waals surface area contributed by atoms with Crippen molar-refractivity contribution < 1.29 is 39.9 Å². The van der Waals surface area contributed by atoms with E-state index in [9.17, 15) is 35.1 Å². The minimum absolute atomic E-state index is 0.104. The third kappa shape index (κ3) is 3.65. The van der Waals surface area contributed by atoms with Gasteiger partial charge in [0.2, 0.25) is 0 Å². The van der Waals surface area contributed by atoms with Crippen LogP contribution in [-0.4, -0.2) is 72.9 Å². The maximum Gasteiger partial charge on any atom is 0.309 e. The first-order valence-corrected chi connectivity index (χ1v) is 14.0. The van der Waals surface area contributed by atoms with Crippen LogP contribution in [0.25, 0.3) is 0 Å². The van der Waals surface area contributed by atoms with E-state index < -0.39 is 52.2 Å². The van der Waals surface area contributed by atoms with Crippen LogP contribution in [0.3, 0.4) is 0 Å². The zero-order valence-electron chi connectivity index (χ0n) is 22.7. The maximum absolute atomic E-state index is 13.3. The molecule has 4 aliphatic carbocycles. The summed E-state index contributed by atoms with van der Waals surface area (Å²) in [6, 6.07) is 0. The van der Waals surface area contributed by atoms with Crippen LogP contribution >= 0.6 is 0 Å². The Bertz CT molecular complexity index is 1010. The number of aliphatic hydroxyl groups is 5. The number of fused-ring (bicyclic) bond motifs is 5. The smallest absolute Gasteiger partial charge is 0.309 e. The molecule has 8 nitrogen and oxygen atoms in total. The molecule has 4 fully saturated rings. The summed E-state index contributed by atoms with van der Waals surface area (Å²) in [6.07, 6.45) is 1.21. The molecule has 5 aliphatic rings. The highest BCUT2D eigenvalue weighted by molar-refractivity contribution is 5.95. The Kier molecular flexibility index (Phi) is 6.33. The highest BCUT2D eigenvalue weighted by Crippen LogP contribution is 2.68. The fourth-order valence-electron chi connectivity index (χ4n) is 9.39. The standard InChI is InChI=1S/C29H44O8/c1-14-16(15(2)37-25(14)34)10-24(33)28(5,35)23-7-9-29(36)18-11-20(30)19-12-21(31)22(32)13-26(19,3)17(18)6-8-27(23,29)4/h11,14-17,19,21-24,31-33,35-36H,6-10,12-13H2,1-5H3/t14-,15+,16?,17?,19-,21+,22-,23-,24+,26+,27+,28+,29+/m0/s1. The lowest BCUT2D eigenvalue weighted by Crippen LogP contribution is -2.63. The monoisotopic (exact) mass is 520 g/mol. The van der Waals surface area contributed by atoms with E-state index in [0.717, 1.165) is 0 Å². The van der Waals surface area contributed by atoms with Gasteiger partial charge in [0.1, 0.15) is 6.10 Å². The minimum Gasteiger partial charge on any atom is -0.462 e. The molecule has 13 atom stereocenters. The van der Waals surface area contributed by atoms with Crippen LogP contribution in [0.4, 0.5) is 0 Å². The molecule has 208 valence electrons. The van der Waals surface area contributed by atoms with Crippen LogP contribution in [0.5, 0.6) is 0 Å². The average Bonchev–Trinajstić information content (AvgIpc) is 3.23. The maximum atomic E-state index is 13.3. The average molecular weight is 521 g/mol. The lowest BCUT2D eigenvalue weighted by atomic mass is 9.45. The summed E-state index contributed by atoms with van der Waals surface area (Å²) in [7, 11) is 0. The first kappa shape index (κ1) is 27.3. The van der Waals surface area contributed by atoms with E-state index in [2.05, 4.69) is 0 Å². The summed E-state index contributed by atoms with van der Waals surface area (Å²) < 4.78 is 5.34. The molecule has 0 bridgehead atoms. The number of ketones is 1. The summed E-state index contributed by atoms with van der Waals surface area (Å²) in [4.78, 5) is 25.4. The zero-order chi connectivity index (χ0) is 27.3. The third-order valence-corrected chi connectivity index (χ3v) is 11.9. The first-order chi connectivity index (χ1) is 17.1. The van der Waals surface area contributed by atoms with Crippen LogP contribution in [-0.2, 0) is 14.3 Å². The quantitative estimate of drug-likeness (QED) is 0.354. The summed E-state index contributed by atoms with van der Waals surface area (Å²) in [5.74, 6) is -1.88. The third-order valence-electron chi connectivity index (χ3n) is 11.9. The fraction of sp³-hybridized carbons (Fsp3) is 0.862. The lowest BCUT2D eigenvalue weighted by Gasteiger charge is -2.60. The Labute approximate surface area is 219 Å². The summed E-state index contributed by atoms with van der Waals surface area (Å²) in [6.45, 7) is 9.21. The van der Waals surface area contributed by atoms with Gasteiger partial charge in [0.15, 0.2) is 5.78 Å². The van der Waals surface area contributed by atoms with E-state index >= 15 is 0 Å². The largest absolute Gasteiger partial charge is 0.462 e. The van der Waals surface area contributed by atoms with Crippen LogP contribution < -0.4 is 0 Å². The molecule has 0 aromatic rings. The number of carbonyl (C=O) groups excluding carboxylic acids is 2. The molecule has 37 heavy (non-hydrogen) atoms. The molecule has 0 aromatic carbocycles. The van der Waals surface area contributed by atoms with Crippen molar-refractivity contribution in [3.8, 4) is 0 Å². The van der Waals surface area contributed by atoms with Crippen molar-refractivity contribution in [2.45, 2.75) is 115 Å². The summed E-state index contributed by atoms with van der Waals surface area (Å²) in [5.41, 5.74) is -3.47. The van der Waals surface area contributed by atoms with Gasteiger partial charge in [0.25, 0.3) is 0 Å². The van der Waals surface area contributed by atoms with Gasteiger partial charge in [-0.15, -0.1) is 0 Å². The van der Waals surface area contributed by atoms with Gasteiger partial charge >= 0.3 is 5.97 Å². The van der Waals surface area contributed by atoms with Gasteiger partial charge in [0, 0.05) is 17.3 Å². The molecule has 0 amide bonds. The number of allylic oxidation sites excluding steroid dienone is 1. The Morgan fingerprint density at radius 1 is 1.11 bits per heavy atom. The van der Waals surface area contributed by atoms with E-state index in [4.69, 9.17) is 4.74 Å². The van der Waals surface area contributed by atoms with Gasteiger partial charge in [-0.1, -0.05) is 20.8 Å². The fourth-order valence-corrected chi connectivity index (χ4v) is 9.39. The Hall–Kier alpha value is -1.32. The number of ether oxygens (including phenoxy) is 1. The number of aliphatic hydroxyl groups excluding tert-OH is 3. The topological polar surface area (TPSA) is 145 Å². The van der Waals surface area contributed by atoms with Crippen molar-refractivity contribution in [1.82, 2.24) is 0 Å². The molecule has 8 heteroatoms. The molecule has 0 spiro atoms. The first-order valence-electron chi connectivity index (χ1n) is 14.0. The second-order valence-corrected chi connectivity index (χ2v) is 13.7. The highest BCUT2D eigenvalue weighted by atomic mass is 16.6. The molecule has 0 aromatic heterocycles. The van der Waals surface area contributed by atoms with Crippen molar-refractivity contribution in [3.63, 3.8) is 0 Å². The van der Waals surface area contributed by atoms with Gasteiger partial charge in [-0.3, -0.25) is 9.59 Å². The van der Waals surface area contributed by atoms with Gasteiger partial charge in [-0.2, -0.15) is 0 Å². The molecule has 0 radical (unpaired) electrons. The Balaban J connectivity index is 1.44. The number of esters is 1. The molecule has 1 aliphatic heterocycles. The van der Waals surface area contributed by atoms with E-state index in [-0.39, 0.29) is 48.5 Å². The molecular formula is C29H44O8. The van der Waals surface area contributed by atoms with E-state index in [1.807, 2.05) is 20.8 Å². The predicted molar refractivity (Wildman–Crippen MR) is 134 cm³/mol. The molecule has 5 N–H and O–H groups in total. The molecule has 3 saturated carbocycles. The molecule has 1 saturated heterocycles. The van der Waals surface area contributed by atoms with Gasteiger partial charge in [-0.05, 0) is 87.7 Å². The van der Waals surface area contributed by atoms with Gasteiger partial charge in [0.05, 0.1) is 35.4 Å². The van der Waals surface area contributed by atoms with Crippen molar-refractivity contribution >= 4 is 11.8 Å². The highest BCUT2D eigenvalue weighted by Gasteiger charge is 2.69. The SMILES string of the molecule is C[C@@H]1C(=O)O[C@H](C)C1C[C@@H](O)[C@](C)(O)[C@H]1CC[C@@]2(O)C3=CC(=O)[C@@H]4C[C@@H](O)[C@@H](O)C[C@]4(C)C3CC[C@]12C. The summed E-state index contributed by atoms with van der Waals surface area (Å²) >= 11 is 0. The van der Waals surface area contributed by atoms with Crippen molar-refractivity contribution in [2.24, 2.45) is 40.4 Å². The minimum atomic E-state index is -1.52. The van der Waals surface area contributed by atoms with Gasteiger partial charge in [-0.25, -0.2) is 0 Å².